The van der Waals surface area contributed by atoms with Crippen LogP contribution < -0.4 is 5.73 Å². The molecular formula is C13H18N2O2S2. The molecular weight excluding hydrogens is 280 g/mol. The van der Waals surface area contributed by atoms with Gasteiger partial charge < -0.3 is 10.6 Å². The average molecular weight is 298 g/mol. The molecule has 1 aromatic carbocycles. The van der Waals surface area contributed by atoms with Gasteiger partial charge in [0.2, 0.25) is 0 Å². The SMILES string of the molecule is NC(=S)C(CN1CCS(=O)(=O)CC1)c1ccccc1. The maximum atomic E-state index is 11.4. The molecule has 6 heteroatoms. The van der Waals surface area contributed by atoms with Gasteiger partial charge in [0.05, 0.1) is 16.5 Å². The molecule has 0 bridgehead atoms. The first-order chi connectivity index (χ1) is 8.98. The number of hydrogen-bond donors (Lipinski definition) is 1. The molecule has 2 rings (SSSR count). The first-order valence-electron chi connectivity index (χ1n) is 6.25. The summed E-state index contributed by atoms with van der Waals surface area (Å²) in [5, 5.41) is 0. The number of nitrogens with zero attached hydrogens (tertiary/aromatic N) is 1. The lowest BCUT2D eigenvalue weighted by atomic mass is 9.98. The molecule has 1 saturated heterocycles. The van der Waals surface area contributed by atoms with Crippen LogP contribution in [0.1, 0.15) is 11.5 Å². The largest absolute Gasteiger partial charge is 0.393 e. The van der Waals surface area contributed by atoms with Crippen LogP contribution in [0.5, 0.6) is 0 Å². The summed E-state index contributed by atoms with van der Waals surface area (Å²) in [4.78, 5) is 2.58. The van der Waals surface area contributed by atoms with E-state index in [-0.39, 0.29) is 17.4 Å². The van der Waals surface area contributed by atoms with Crippen molar-refractivity contribution in [3.63, 3.8) is 0 Å². The van der Waals surface area contributed by atoms with Gasteiger partial charge in [-0.05, 0) is 5.56 Å². The Morgan fingerprint density at radius 1 is 1.26 bits per heavy atom. The first-order valence-corrected chi connectivity index (χ1v) is 8.48. The van der Waals surface area contributed by atoms with E-state index >= 15 is 0 Å². The van der Waals surface area contributed by atoms with Crippen molar-refractivity contribution >= 4 is 27.0 Å². The lowest BCUT2D eigenvalue weighted by Crippen LogP contribution is -2.43. The monoisotopic (exact) mass is 298 g/mol. The lowest BCUT2D eigenvalue weighted by molar-refractivity contribution is 0.293. The van der Waals surface area contributed by atoms with Gasteiger partial charge in [-0.25, -0.2) is 8.42 Å². The fourth-order valence-corrected chi connectivity index (χ4v) is 3.72. The zero-order valence-electron chi connectivity index (χ0n) is 10.7. The van der Waals surface area contributed by atoms with Crippen molar-refractivity contribution in [2.75, 3.05) is 31.1 Å². The average Bonchev–Trinajstić information content (AvgIpc) is 2.38. The van der Waals surface area contributed by atoms with Crippen LogP contribution in [0.15, 0.2) is 30.3 Å². The van der Waals surface area contributed by atoms with E-state index in [1.165, 1.54) is 0 Å². The molecule has 0 amide bonds. The Kier molecular flexibility index (Phi) is 4.54. The number of rotatable bonds is 4. The summed E-state index contributed by atoms with van der Waals surface area (Å²) in [6, 6.07) is 9.88. The summed E-state index contributed by atoms with van der Waals surface area (Å²) in [6.07, 6.45) is 0. The summed E-state index contributed by atoms with van der Waals surface area (Å²) in [6.45, 7) is 1.82. The van der Waals surface area contributed by atoms with E-state index in [2.05, 4.69) is 4.90 Å². The second kappa shape index (κ2) is 5.98. The van der Waals surface area contributed by atoms with Gasteiger partial charge in [0.1, 0.15) is 0 Å². The van der Waals surface area contributed by atoms with Crippen LogP contribution in [-0.4, -0.2) is 49.4 Å². The molecule has 0 spiro atoms. The van der Waals surface area contributed by atoms with Gasteiger partial charge in [0.25, 0.3) is 0 Å². The van der Waals surface area contributed by atoms with Gasteiger partial charge in [-0.2, -0.15) is 0 Å². The van der Waals surface area contributed by atoms with Crippen molar-refractivity contribution in [2.45, 2.75) is 5.92 Å². The van der Waals surface area contributed by atoms with E-state index in [0.717, 1.165) is 5.56 Å². The minimum absolute atomic E-state index is 0.0167. The smallest absolute Gasteiger partial charge is 0.152 e. The molecule has 1 aliphatic heterocycles. The molecule has 19 heavy (non-hydrogen) atoms. The molecule has 1 fully saturated rings. The Labute approximate surface area is 119 Å². The van der Waals surface area contributed by atoms with Gasteiger partial charge in [-0.1, -0.05) is 42.5 Å². The highest BCUT2D eigenvalue weighted by atomic mass is 32.2. The van der Waals surface area contributed by atoms with Crippen LogP contribution in [0, 0.1) is 0 Å². The van der Waals surface area contributed by atoms with Crippen molar-refractivity contribution in [1.29, 1.82) is 0 Å². The second-order valence-corrected chi connectivity index (χ2v) is 7.59. The Morgan fingerprint density at radius 3 is 2.37 bits per heavy atom. The molecule has 0 saturated carbocycles. The highest BCUT2D eigenvalue weighted by molar-refractivity contribution is 7.91. The predicted octanol–water partition coefficient (Wildman–Crippen LogP) is 0.787. The highest BCUT2D eigenvalue weighted by Crippen LogP contribution is 2.18. The van der Waals surface area contributed by atoms with E-state index < -0.39 is 9.84 Å². The molecule has 104 valence electrons. The van der Waals surface area contributed by atoms with Crippen molar-refractivity contribution in [3.05, 3.63) is 35.9 Å². The predicted molar refractivity (Wildman–Crippen MR) is 81.1 cm³/mol. The highest BCUT2D eigenvalue weighted by Gasteiger charge is 2.25. The molecule has 1 heterocycles. The molecule has 0 aromatic heterocycles. The number of nitrogens with two attached hydrogens (primary N) is 1. The third kappa shape index (κ3) is 3.99. The van der Waals surface area contributed by atoms with Crippen LogP contribution in [-0.2, 0) is 9.84 Å². The minimum atomic E-state index is -2.84. The van der Waals surface area contributed by atoms with E-state index in [0.29, 0.717) is 24.6 Å². The van der Waals surface area contributed by atoms with E-state index in [1.807, 2.05) is 30.3 Å². The van der Waals surface area contributed by atoms with Crippen molar-refractivity contribution in [2.24, 2.45) is 5.73 Å². The lowest BCUT2D eigenvalue weighted by Gasteiger charge is -2.30. The molecule has 1 atom stereocenters. The Hall–Kier alpha value is -0.980. The van der Waals surface area contributed by atoms with Gasteiger partial charge in [-0.3, -0.25) is 0 Å². The zero-order chi connectivity index (χ0) is 13.9. The molecule has 2 N–H and O–H groups in total. The van der Waals surface area contributed by atoms with Crippen molar-refractivity contribution in [1.82, 2.24) is 4.90 Å². The summed E-state index contributed by atoms with van der Waals surface area (Å²) in [5.74, 6) is 0.439. The number of benzene rings is 1. The maximum Gasteiger partial charge on any atom is 0.152 e. The van der Waals surface area contributed by atoms with Crippen LogP contribution in [0.2, 0.25) is 0 Å². The fraction of sp³-hybridized carbons (Fsp3) is 0.462. The molecule has 1 unspecified atom stereocenters. The maximum absolute atomic E-state index is 11.4. The Morgan fingerprint density at radius 2 is 1.84 bits per heavy atom. The third-order valence-corrected chi connectivity index (χ3v) is 5.32. The van der Waals surface area contributed by atoms with Crippen LogP contribution in [0.25, 0.3) is 0 Å². The first kappa shape index (κ1) is 14.4. The summed E-state index contributed by atoms with van der Waals surface area (Å²) < 4.78 is 22.8. The summed E-state index contributed by atoms with van der Waals surface area (Å²) in [5.41, 5.74) is 6.91. The van der Waals surface area contributed by atoms with E-state index in [9.17, 15) is 8.42 Å². The molecule has 1 aromatic rings. The van der Waals surface area contributed by atoms with Gasteiger partial charge in [0.15, 0.2) is 9.84 Å². The molecule has 0 aliphatic carbocycles. The molecule has 0 radical (unpaired) electrons. The molecule has 1 aliphatic rings. The molecule has 4 nitrogen and oxygen atoms in total. The quantitative estimate of drug-likeness (QED) is 0.833. The van der Waals surface area contributed by atoms with E-state index in [4.69, 9.17) is 18.0 Å². The fourth-order valence-electron chi connectivity index (χ4n) is 2.24. The minimum Gasteiger partial charge on any atom is -0.393 e. The van der Waals surface area contributed by atoms with Gasteiger partial charge in [0, 0.05) is 25.6 Å². The van der Waals surface area contributed by atoms with Gasteiger partial charge >= 0.3 is 0 Å². The van der Waals surface area contributed by atoms with Crippen LogP contribution in [0.4, 0.5) is 0 Å². The van der Waals surface area contributed by atoms with Crippen molar-refractivity contribution in [3.8, 4) is 0 Å². The van der Waals surface area contributed by atoms with Crippen LogP contribution in [0.3, 0.4) is 0 Å². The second-order valence-electron chi connectivity index (χ2n) is 4.82. The number of hydrogen-bond acceptors (Lipinski definition) is 4. The topological polar surface area (TPSA) is 63.4 Å². The van der Waals surface area contributed by atoms with Gasteiger partial charge in [-0.15, -0.1) is 0 Å². The standard InChI is InChI=1S/C13H18N2O2S2/c14-13(18)12(11-4-2-1-3-5-11)10-15-6-8-19(16,17)9-7-15/h1-5,12H,6-10H2,(H2,14,18). The summed E-state index contributed by atoms with van der Waals surface area (Å²) >= 11 is 5.15. The zero-order valence-corrected chi connectivity index (χ0v) is 12.3. The van der Waals surface area contributed by atoms with E-state index in [1.54, 1.807) is 0 Å². The third-order valence-electron chi connectivity index (χ3n) is 3.42. The Balaban J connectivity index is 2.05. The Bertz CT molecular complexity index is 529. The van der Waals surface area contributed by atoms with Crippen LogP contribution >= 0.6 is 12.2 Å². The normalized spacial score (nSPS) is 20.8. The number of thiocarbonyl (C=S) groups is 1. The van der Waals surface area contributed by atoms with Crippen molar-refractivity contribution < 1.29 is 8.42 Å². The summed E-state index contributed by atoms with van der Waals surface area (Å²) in [7, 11) is -2.84. The number of sulfone groups is 1.